The van der Waals surface area contributed by atoms with Gasteiger partial charge in [0, 0.05) is 50.6 Å². The summed E-state index contributed by atoms with van der Waals surface area (Å²) in [4.78, 5) is 14.3. The molecule has 3 fully saturated rings. The van der Waals surface area contributed by atoms with E-state index in [0.29, 0.717) is 5.41 Å². The zero-order valence-electron chi connectivity index (χ0n) is 15.2. The van der Waals surface area contributed by atoms with Crippen molar-refractivity contribution in [2.45, 2.75) is 58.4 Å². The van der Waals surface area contributed by atoms with Gasteiger partial charge in [0.2, 0.25) is 0 Å². The third-order valence-electron chi connectivity index (χ3n) is 6.48. The molecule has 1 saturated carbocycles. The minimum Gasteiger partial charge on any atom is -0.302 e. The molecule has 1 aromatic heterocycles. The predicted molar refractivity (Wildman–Crippen MR) is 96.8 cm³/mol. The van der Waals surface area contributed by atoms with Gasteiger partial charge in [0.15, 0.2) is 0 Å². The normalized spacial score (nSPS) is 29.2. The lowest BCUT2D eigenvalue weighted by Crippen LogP contribution is -2.47. The summed E-state index contributed by atoms with van der Waals surface area (Å²) in [5.74, 6) is 1.96. The summed E-state index contributed by atoms with van der Waals surface area (Å²) < 4.78 is 0. The van der Waals surface area contributed by atoms with Gasteiger partial charge in [-0.25, -0.2) is 9.97 Å². The van der Waals surface area contributed by atoms with Gasteiger partial charge in [-0.1, -0.05) is 13.3 Å². The molecule has 3 aliphatic rings. The zero-order chi connectivity index (χ0) is 16.4. The summed E-state index contributed by atoms with van der Waals surface area (Å²) in [6, 6.07) is 0. The molecule has 24 heavy (non-hydrogen) atoms. The molecule has 1 aliphatic carbocycles. The van der Waals surface area contributed by atoms with E-state index in [0.717, 1.165) is 24.7 Å². The third-order valence-corrected chi connectivity index (χ3v) is 6.48. The van der Waals surface area contributed by atoms with Crippen molar-refractivity contribution in [3.05, 3.63) is 23.8 Å². The van der Waals surface area contributed by atoms with Gasteiger partial charge < -0.3 is 4.90 Å². The van der Waals surface area contributed by atoms with E-state index in [4.69, 9.17) is 0 Å². The number of aromatic nitrogens is 2. The summed E-state index contributed by atoms with van der Waals surface area (Å²) in [6.45, 7) is 9.69. The Kier molecular flexibility index (Phi) is 4.86. The minimum absolute atomic E-state index is 0.562. The van der Waals surface area contributed by atoms with Gasteiger partial charge in [0.05, 0.1) is 0 Å². The van der Waals surface area contributed by atoms with Crippen LogP contribution in [0.2, 0.25) is 0 Å². The van der Waals surface area contributed by atoms with E-state index in [-0.39, 0.29) is 0 Å². The lowest BCUT2D eigenvalue weighted by atomic mass is 9.78. The van der Waals surface area contributed by atoms with Crippen molar-refractivity contribution in [2.24, 2.45) is 11.3 Å². The monoisotopic (exact) mass is 328 g/mol. The molecule has 4 nitrogen and oxygen atoms in total. The van der Waals surface area contributed by atoms with Crippen LogP contribution >= 0.6 is 0 Å². The SMILES string of the molecule is CCc1ncc(CN2CC[C@@]3(CCCN(CC4CCC4)C3)C2)cn1. The molecule has 1 atom stereocenters. The lowest BCUT2D eigenvalue weighted by molar-refractivity contribution is 0.0668. The van der Waals surface area contributed by atoms with E-state index in [1.54, 1.807) is 0 Å². The molecule has 0 radical (unpaired) electrons. The Balaban J connectivity index is 1.32. The van der Waals surface area contributed by atoms with Gasteiger partial charge in [-0.05, 0) is 56.5 Å². The highest BCUT2D eigenvalue weighted by atomic mass is 15.2. The largest absolute Gasteiger partial charge is 0.302 e. The van der Waals surface area contributed by atoms with E-state index < -0.39 is 0 Å². The molecule has 0 bridgehead atoms. The second kappa shape index (κ2) is 7.09. The van der Waals surface area contributed by atoms with Crippen LogP contribution in [0.15, 0.2) is 12.4 Å². The smallest absolute Gasteiger partial charge is 0.127 e. The van der Waals surface area contributed by atoms with Crippen molar-refractivity contribution in [1.82, 2.24) is 19.8 Å². The molecule has 2 aliphatic heterocycles. The Labute approximate surface area is 146 Å². The second-order valence-electron chi connectivity index (χ2n) is 8.46. The number of nitrogens with zero attached hydrogens (tertiary/aromatic N) is 4. The predicted octanol–water partition coefficient (Wildman–Crippen LogP) is 3.13. The number of hydrogen-bond acceptors (Lipinski definition) is 4. The first-order valence-electron chi connectivity index (χ1n) is 9.99. The molecule has 2 saturated heterocycles. The zero-order valence-corrected chi connectivity index (χ0v) is 15.2. The maximum Gasteiger partial charge on any atom is 0.127 e. The molecule has 0 aromatic carbocycles. The number of likely N-dealkylation sites (tertiary alicyclic amines) is 2. The molecule has 4 heteroatoms. The van der Waals surface area contributed by atoms with Crippen LogP contribution in [0, 0.1) is 11.3 Å². The summed E-state index contributed by atoms with van der Waals surface area (Å²) in [5.41, 5.74) is 1.83. The van der Waals surface area contributed by atoms with Crippen LogP contribution < -0.4 is 0 Å². The molecule has 3 heterocycles. The second-order valence-corrected chi connectivity index (χ2v) is 8.46. The van der Waals surface area contributed by atoms with Crippen molar-refractivity contribution in [2.75, 3.05) is 32.7 Å². The van der Waals surface area contributed by atoms with Crippen LogP contribution in [-0.2, 0) is 13.0 Å². The molecule has 132 valence electrons. The fourth-order valence-corrected chi connectivity index (χ4v) is 4.91. The van der Waals surface area contributed by atoms with Crippen molar-refractivity contribution in [3.63, 3.8) is 0 Å². The van der Waals surface area contributed by atoms with Gasteiger partial charge in [-0.2, -0.15) is 0 Å². The fraction of sp³-hybridized carbons (Fsp3) is 0.800. The number of aryl methyl sites for hydroxylation is 1. The van der Waals surface area contributed by atoms with Gasteiger partial charge in [-0.15, -0.1) is 0 Å². The lowest BCUT2D eigenvalue weighted by Gasteiger charge is -2.43. The van der Waals surface area contributed by atoms with E-state index in [1.807, 2.05) is 12.4 Å². The van der Waals surface area contributed by atoms with Gasteiger partial charge in [0.25, 0.3) is 0 Å². The molecule has 1 spiro atoms. The number of piperidine rings is 1. The topological polar surface area (TPSA) is 32.3 Å². The molecular weight excluding hydrogens is 296 g/mol. The van der Waals surface area contributed by atoms with Crippen LogP contribution in [0.25, 0.3) is 0 Å². The highest BCUT2D eigenvalue weighted by molar-refractivity contribution is 5.07. The van der Waals surface area contributed by atoms with Gasteiger partial charge >= 0.3 is 0 Å². The molecule has 4 rings (SSSR count). The van der Waals surface area contributed by atoms with Crippen LogP contribution in [0.1, 0.15) is 56.8 Å². The first kappa shape index (κ1) is 16.5. The van der Waals surface area contributed by atoms with Crippen molar-refractivity contribution in [3.8, 4) is 0 Å². The quantitative estimate of drug-likeness (QED) is 0.831. The molecular formula is C20H32N4. The summed E-state index contributed by atoms with van der Waals surface area (Å²) in [7, 11) is 0. The van der Waals surface area contributed by atoms with E-state index in [9.17, 15) is 0 Å². The Morgan fingerprint density at radius 3 is 2.54 bits per heavy atom. The van der Waals surface area contributed by atoms with Crippen molar-refractivity contribution < 1.29 is 0 Å². The highest BCUT2D eigenvalue weighted by Gasteiger charge is 2.41. The van der Waals surface area contributed by atoms with E-state index in [2.05, 4.69) is 26.7 Å². The molecule has 1 aromatic rings. The summed E-state index contributed by atoms with van der Waals surface area (Å²) in [6.07, 6.45) is 13.6. The van der Waals surface area contributed by atoms with Crippen LogP contribution in [0.5, 0.6) is 0 Å². The number of rotatable bonds is 5. The van der Waals surface area contributed by atoms with Crippen LogP contribution in [0.3, 0.4) is 0 Å². The number of hydrogen-bond donors (Lipinski definition) is 0. The standard InChI is InChI=1S/C20H32N4/c1-2-19-21-11-18(12-22-19)14-24-10-8-20(16-24)7-4-9-23(15-20)13-17-5-3-6-17/h11-12,17H,2-10,13-16H2,1H3/t20-/m1/s1. The highest BCUT2D eigenvalue weighted by Crippen LogP contribution is 2.40. The maximum atomic E-state index is 4.46. The van der Waals surface area contributed by atoms with Crippen LogP contribution in [-0.4, -0.2) is 52.5 Å². The summed E-state index contributed by atoms with van der Waals surface area (Å²) >= 11 is 0. The first-order valence-corrected chi connectivity index (χ1v) is 9.99. The first-order chi connectivity index (χ1) is 11.7. The molecule has 0 N–H and O–H groups in total. The Bertz CT molecular complexity index is 539. The third kappa shape index (κ3) is 3.65. The average Bonchev–Trinajstić information content (AvgIpc) is 2.94. The van der Waals surface area contributed by atoms with E-state index >= 15 is 0 Å². The Morgan fingerprint density at radius 2 is 1.83 bits per heavy atom. The van der Waals surface area contributed by atoms with Gasteiger partial charge in [-0.3, -0.25) is 4.90 Å². The molecule has 0 amide bonds. The van der Waals surface area contributed by atoms with Crippen molar-refractivity contribution >= 4 is 0 Å². The fourth-order valence-electron chi connectivity index (χ4n) is 4.91. The van der Waals surface area contributed by atoms with Crippen LogP contribution in [0.4, 0.5) is 0 Å². The molecule has 0 unspecified atom stereocenters. The summed E-state index contributed by atoms with van der Waals surface area (Å²) in [5, 5.41) is 0. The van der Waals surface area contributed by atoms with E-state index in [1.165, 1.54) is 76.8 Å². The average molecular weight is 329 g/mol. The Morgan fingerprint density at radius 1 is 1.04 bits per heavy atom. The van der Waals surface area contributed by atoms with Gasteiger partial charge in [0.1, 0.15) is 5.82 Å². The van der Waals surface area contributed by atoms with Crippen molar-refractivity contribution in [1.29, 1.82) is 0 Å². The maximum absolute atomic E-state index is 4.46. The minimum atomic E-state index is 0.562. The Hall–Kier alpha value is -1.00.